The number of nitrogens with zero attached hydrogens (tertiary/aromatic N) is 2. The van der Waals surface area contributed by atoms with Gasteiger partial charge in [-0.3, -0.25) is 0 Å². The van der Waals surface area contributed by atoms with Gasteiger partial charge in [0.05, 0.1) is 24.1 Å². The summed E-state index contributed by atoms with van der Waals surface area (Å²) in [5.74, 6) is 0. The minimum absolute atomic E-state index is 0.286. The zero-order valence-corrected chi connectivity index (χ0v) is 11.2. The van der Waals surface area contributed by atoms with E-state index in [1.165, 1.54) is 11.9 Å². The second-order valence-electron chi connectivity index (χ2n) is 3.78. The van der Waals surface area contributed by atoms with Crippen LogP contribution < -0.4 is 5.32 Å². The lowest BCUT2D eigenvalue weighted by atomic mass is 10.0. The lowest BCUT2D eigenvalue weighted by molar-refractivity contribution is 0.747. The van der Waals surface area contributed by atoms with E-state index in [-0.39, 0.29) is 6.04 Å². The van der Waals surface area contributed by atoms with E-state index in [1.54, 1.807) is 12.4 Å². The number of hydrogen-bond donors (Lipinski definition) is 1. The predicted octanol–water partition coefficient (Wildman–Crippen LogP) is 3.80. The Labute approximate surface area is 109 Å². The Morgan fingerprint density at radius 1 is 1.18 bits per heavy atom. The summed E-state index contributed by atoms with van der Waals surface area (Å²) in [7, 11) is 0. The van der Waals surface area contributed by atoms with Gasteiger partial charge in [0.25, 0.3) is 0 Å². The summed E-state index contributed by atoms with van der Waals surface area (Å²) in [5.41, 5.74) is 2.21. The van der Waals surface area contributed by atoms with Crippen LogP contribution in [0.15, 0.2) is 47.5 Å². The molecule has 0 radical (unpaired) electrons. The van der Waals surface area contributed by atoms with E-state index in [2.05, 4.69) is 62.4 Å². The minimum Gasteiger partial charge on any atom is -0.376 e. The summed E-state index contributed by atoms with van der Waals surface area (Å²) < 4.78 is 1.10. The third kappa shape index (κ3) is 3.27. The monoisotopic (exact) mass is 291 g/mol. The highest BCUT2D eigenvalue weighted by molar-refractivity contribution is 9.10. The maximum atomic E-state index is 4.00. The topological polar surface area (TPSA) is 37.8 Å². The van der Waals surface area contributed by atoms with Crippen molar-refractivity contribution < 1.29 is 0 Å². The van der Waals surface area contributed by atoms with Gasteiger partial charge in [-0.25, -0.2) is 9.97 Å². The molecule has 1 N–H and O–H groups in total. The van der Waals surface area contributed by atoms with Crippen molar-refractivity contribution in [2.24, 2.45) is 0 Å². The van der Waals surface area contributed by atoms with Crippen LogP contribution in [0.2, 0.25) is 0 Å². The first-order valence-electron chi connectivity index (χ1n) is 5.56. The molecule has 0 aliphatic rings. The van der Waals surface area contributed by atoms with Gasteiger partial charge in [-0.15, -0.1) is 0 Å². The molecule has 88 valence electrons. The second kappa shape index (κ2) is 5.77. The maximum absolute atomic E-state index is 4.00. The average Bonchev–Trinajstić information content (AvgIpc) is 2.38. The molecule has 1 atom stereocenters. The van der Waals surface area contributed by atoms with E-state index >= 15 is 0 Å². The highest BCUT2D eigenvalue weighted by Crippen LogP contribution is 2.23. The largest absolute Gasteiger partial charge is 0.376 e. The Kier molecular flexibility index (Phi) is 4.09. The van der Waals surface area contributed by atoms with E-state index < -0.39 is 0 Å². The van der Waals surface area contributed by atoms with E-state index in [0.717, 1.165) is 16.6 Å². The Bertz CT molecular complexity index is 456. The molecule has 4 heteroatoms. The Morgan fingerprint density at radius 3 is 2.41 bits per heavy atom. The second-order valence-corrected chi connectivity index (χ2v) is 4.70. The lowest BCUT2D eigenvalue weighted by Gasteiger charge is -2.18. The Hall–Kier alpha value is -1.42. The normalized spacial score (nSPS) is 12.1. The predicted molar refractivity (Wildman–Crippen MR) is 72.8 cm³/mol. The van der Waals surface area contributed by atoms with Crippen LogP contribution in [0.25, 0.3) is 0 Å². The van der Waals surface area contributed by atoms with Gasteiger partial charge in [-0.2, -0.15) is 0 Å². The molecule has 0 spiro atoms. The highest BCUT2D eigenvalue weighted by atomic mass is 79.9. The van der Waals surface area contributed by atoms with Crippen LogP contribution in [0, 0.1) is 0 Å². The summed E-state index contributed by atoms with van der Waals surface area (Å²) in [6.07, 6.45) is 6.12. The van der Waals surface area contributed by atoms with Gasteiger partial charge in [0, 0.05) is 4.47 Å². The summed E-state index contributed by atoms with van der Waals surface area (Å²) in [6.45, 7) is 2.16. The number of hydrogen-bond acceptors (Lipinski definition) is 3. The minimum atomic E-state index is 0.286. The third-order valence-electron chi connectivity index (χ3n) is 2.58. The van der Waals surface area contributed by atoms with Crippen LogP contribution in [0.5, 0.6) is 0 Å². The van der Waals surface area contributed by atoms with Gasteiger partial charge in [0.15, 0.2) is 0 Å². The average molecular weight is 292 g/mol. The number of halogens is 1. The summed E-state index contributed by atoms with van der Waals surface area (Å²) in [6, 6.07) is 8.64. The van der Waals surface area contributed by atoms with Gasteiger partial charge in [0.1, 0.15) is 6.33 Å². The molecule has 2 rings (SSSR count). The van der Waals surface area contributed by atoms with Gasteiger partial charge in [-0.1, -0.05) is 35.0 Å². The van der Waals surface area contributed by atoms with Crippen molar-refractivity contribution in [3.8, 4) is 0 Å². The van der Waals surface area contributed by atoms with Crippen molar-refractivity contribution in [1.29, 1.82) is 0 Å². The fourth-order valence-corrected chi connectivity index (χ4v) is 1.96. The smallest absolute Gasteiger partial charge is 0.115 e. The van der Waals surface area contributed by atoms with Crippen LogP contribution in [0.1, 0.15) is 24.9 Å². The van der Waals surface area contributed by atoms with Crippen molar-refractivity contribution >= 4 is 21.6 Å². The molecule has 1 heterocycles. The molecule has 1 aromatic heterocycles. The van der Waals surface area contributed by atoms with Crippen molar-refractivity contribution in [3.05, 3.63) is 53.0 Å². The number of rotatable bonds is 4. The molecule has 0 aliphatic carbocycles. The summed E-state index contributed by atoms with van der Waals surface area (Å²) in [4.78, 5) is 8.00. The number of nitrogens with one attached hydrogen (secondary N) is 1. The van der Waals surface area contributed by atoms with Gasteiger partial charge < -0.3 is 5.32 Å². The molecule has 3 nitrogen and oxygen atoms in total. The lowest BCUT2D eigenvalue weighted by Crippen LogP contribution is -2.09. The maximum Gasteiger partial charge on any atom is 0.115 e. The van der Waals surface area contributed by atoms with Gasteiger partial charge in [0.2, 0.25) is 0 Å². The molecule has 0 amide bonds. The third-order valence-corrected chi connectivity index (χ3v) is 3.11. The summed E-state index contributed by atoms with van der Waals surface area (Å²) >= 11 is 3.44. The molecule has 0 aliphatic heterocycles. The van der Waals surface area contributed by atoms with E-state index in [4.69, 9.17) is 0 Å². The van der Waals surface area contributed by atoms with Crippen molar-refractivity contribution in [1.82, 2.24) is 9.97 Å². The first-order valence-corrected chi connectivity index (χ1v) is 6.36. The number of benzene rings is 1. The molecule has 0 fully saturated rings. The molecule has 0 saturated carbocycles. The molecule has 1 unspecified atom stereocenters. The quantitative estimate of drug-likeness (QED) is 0.931. The number of aromatic nitrogens is 2. The van der Waals surface area contributed by atoms with Crippen LogP contribution in [0.3, 0.4) is 0 Å². The molecule has 1 aromatic carbocycles. The van der Waals surface area contributed by atoms with E-state index in [0.29, 0.717) is 0 Å². The zero-order valence-electron chi connectivity index (χ0n) is 9.60. The molecule has 17 heavy (non-hydrogen) atoms. The first-order chi connectivity index (χ1) is 8.29. The molecular weight excluding hydrogens is 278 g/mol. The van der Waals surface area contributed by atoms with Crippen molar-refractivity contribution in [3.63, 3.8) is 0 Å². The number of anilines is 1. The van der Waals surface area contributed by atoms with Crippen LogP contribution in [-0.4, -0.2) is 9.97 Å². The van der Waals surface area contributed by atoms with Crippen LogP contribution in [-0.2, 0) is 0 Å². The molecule has 0 saturated heterocycles. The van der Waals surface area contributed by atoms with E-state index in [9.17, 15) is 0 Å². The molecular formula is C13H14BrN3. The van der Waals surface area contributed by atoms with E-state index in [1.807, 2.05) is 0 Å². The fraction of sp³-hybridized carbons (Fsp3) is 0.231. The highest BCUT2D eigenvalue weighted by Gasteiger charge is 2.08. The summed E-state index contributed by atoms with van der Waals surface area (Å²) in [5, 5.41) is 3.42. The first kappa shape index (κ1) is 12.0. The SMILES string of the molecule is CCC(Nc1cncnc1)c1ccc(Br)cc1. The van der Waals surface area contributed by atoms with Gasteiger partial charge in [-0.05, 0) is 24.1 Å². The van der Waals surface area contributed by atoms with Crippen LogP contribution >= 0.6 is 15.9 Å². The van der Waals surface area contributed by atoms with Crippen molar-refractivity contribution in [2.45, 2.75) is 19.4 Å². The molecule has 2 aromatic rings. The molecule has 0 bridgehead atoms. The Morgan fingerprint density at radius 2 is 1.82 bits per heavy atom. The van der Waals surface area contributed by atoms with Crippen LogP contribution in [0.4, 0.5) is 5.69 Å². The zero-order chi connectivity index (χ0) is 12.1. The van der Waals surface area contributed by atoms with Crippen molar-refractivity contribution in [2.75, 3.05) is 5.32 Å². The van der Waals surface area contributed by atoms with Gasteiger partial charge >= 0.3 is 0 Å². The fourth-order valence-electron chi connectivity index (χ4n) is 1.69. The Balaban J connectivity index is 2.14. The standard InChI is InChI=1S/C13H14BrN3/c1-2-13(10-3-5-11(14)6-4-10)17-12-7-15-9-16-8-12/h3-9,13,17H,2H2,1H3.